The van der Waals surface area contributed by atoms with E-state index in [0.717, 1.165) is 11.9 Å². The Bertz CT molecular complexity index is 667. The summed E-state index contributed by atoms with van der Waals surface area (Å²) in [6.07, 6.45) is 1.36. The molecule has 2 rings (SSSR count). The zero-order valence-electron chi connectivity index (χ0n) is 12.0. The van der Waals surface area contributed by atoms with Crippen molar-refractivity contribution >= 4 is 16.9 Å². The highest BCUT2D eigenvalue weighted by atomic mass is 16.5. The van der Waals surface area contributed by atoms with E-state index in [9.17, 15) is 9.59 Å². The van der Waals surface area contributed by atoms with Crippen LogP contribution in [0.4, 0.5) is 0 Å². The summed E-state index contributed by atoms with van der Waals surface area (Å²) >= 11 is 0. The minimum absolute atomic E-state index is 0.0829. The molecule has 0 fully saturated rings. The molecule has 1 aromatic carbocycles. The van der Waals surface area contributed by atoms with Gasteiger partial charge in [0.05, 0.1) is 11.0 Å². The molecule has 0 aliphatic rings. The van der Waals surface area contributed by atoms with Crippen LogP contribution in [0.25, 0.3) is 11.0 Å². The van der Waals surface area contributed by atoms with E-state index in [1.165, 1.54) is 0 Å². The number of fused-ring (bicyclic) bond motifs is 1. The van der Waals surface area contributed by atoms with E-state index in [1.807, 2.05) is 18.2 Å². The minimum Gasteiger partial charge on any atom is -0.385 e. The molecule has 6 nitrogen and oxygen atoms in total. The van der Waals surface area contributed by atoms with Gasteiger partial charge in [0.15, 0.2) is 0 Å². The van der Waals surface area contributed by atoms with Gasteiger partial charge >= 0.3 is 0 Å². The fraction of sp³-hybridized carbons (Fsp3) is 0.400. The standard InChI is InChI=1S/C15H19N3O3/c1-21-10-4-9-16-14(19)8-7-13-15(20)18-12-6-3-2-5-11(12)17-13/h2-3,5-6H,4,7-10H2,1H3,(H,16,19)(H,18,20). The zero-order valence-corrected chi connectivity index (χ0v) is 12.0. The summed E-state index contributed by atoms with van der Waals surface area (Å²) < 4.78 is 4.90. The molecular weight excluding hydrogens is 270 g/mol. The molecule has 2 N–H and O–H groups in total. The fourth-order valence-electron chi connectivity index (χ4n) is 2.00. The number of para-hydroxylation sites is 2. The largest absolute Gasteiger partial charge is 0.385 e. The van der Waals surface area contributed by atoms with Crippen molar-refractivity contribution in [1.82, 2.24) is 15.3 Å². The number of ether oxygens (including phenoxy) is 1. The van der Waals surface area contributed by atoms with Crippen molar-refractivity contribution in [3.63, 3.8) is 0 Å². The summed E-state index contributed by atoms with van der Waals surface area (Å²) in [5.74, 6) is -0.0829. The van der Waals surface area contributed by atoms with E-state index >= 15 is 0 Å². The highest BCUT2D eigenvalue weighted by Crippen LogP contribution is 2.06. The first-order chi connectivity index (χ1) is 10.2. The molecule has 0 aliphatic carbocycles. The van der Waals surface area contributed by atoms with Crippen molar-refractivity contribution in [2.75, 3.05) is 20.3 Å². The van der Waals surface area contributed by atoms with Gasteiger partial charge in [-0.2, -0.15) is 0 Å². The van der Waals surface area contributed by atoms with Gasteiger partial charge in [0.1, 0.15) is 5.69 Å². The summed E-state index contributed by atoms with van der Waals surface area (Å²) in [7, 11) is 1.62. The molecule has 1 amide bonds. The normalized spacial score (nSPS) is 10.7. The number of amides is 1. The third kappa shape index (κ3) is 4.39. The van der Waals surface area contributed by atoms with Crippen LogP contribution in [0.1, 0.15) is 18.5 Å². The first-order valence-electron chi connectivity index (χ1n) is 6.94. The van der Waals surface area contributed by atoms with E-state index in [1.54, 1.807) is 13.2 Å². The number of nitrogens with zero attached hydrogens (tertiary/aromatic N) is 1. The number of methoxy groups -OCH3 is 1. The van der Waals surface area contributed by atoms with Crippen molar-refractivity contribution in [3.8, 4) is 0 Å². The Morgan fingerprint density at radius 2 is 2.19 bits per heavy atom. The predicted molar refractivity (Wildman–Crippen MR) is 80.2 cm³/mol. The number of H-pyrrole nitrogens is 1. The van der Waals surface area contributed by atoms with Crippen LogP contribution in [-0.2, 0) is 16.0 Å². The van der Waals surface area contributed by atoms with Crippen LogP contribution >= 0.6 is 0 Å². The van der Waals surface area contributed by atoms with Crippen LogP contribution < -0.4 is 10.9 Å². The maximum Gasteiger partial charge on any atom is 0.270 e. The molecule has 1 aromatic heterocycles. The van der Waals surface area contributed by atoms with E-state index in [0.29, 0.717) is 30.8 Å². The van der Waals surface area contributed by atoms with Gasteiger partial charge in [-0.3, -0.25) is 9.59 Å². The average Bonchev–Trinajstić information content (AvgIpc) is 2.49. The van der Waals surface area contributed by atoms with Gasteiger partial charge in [0, 0.05) is 33.1 Å². The second kappa shape index (κ2) is 7.54. The van der Waals surface area contributed by atoms with Crippen LogP contribution in [0, 0.1) is 0 Å². The van der Waals surface area contributed by atoms with Crippen molar-refractivity contribution in [3.05, 3.63) is 40.3 Å². The molecule has 2 aromatic rings. The van der Waals surface area contributed by atoms with Crippen LogP contribution in [0.2, 0.25) is 0 Å². The van der Waals surface area contributed by atoms with Gasteiger partial charge in [-0.1, -0.05) is 12.1 Å². The topological polar surface area (TPSA) is 84.1 Å². The molecule has 0 atom stereocenters. The maximum absolute atomic E-state index is 11.9. The summed E-state index contributed by atoms with van der Waals surface area (Å²) in [6, 6.07) is 7.34. The number of carbonyl (C=O) groups is 1. The molecule has 0 aliphatic heterocycles. The number of aromatic nitrogens is 2. The smallest absolute Gasteiger partial charge is 0.270 e. The fourth-order valence-corrected chi connectivity index (χ4v) is 2.00. The van der Waals surface area contributed by atoms with Gasteiger partial charge in [-0.05, 0) is 18.6 Å². The summed E-state index contributed by atoms with van der Waals surface area (Å²) in [5.41, 5.74) is 1.59. The molecular formula is C15H19N3O3. The van der Waals surface area contributed by atoms with Gasteiger partial charge in [0.25, 0.3) is 5.56 Å². The second-order valence-electron chi connectivity index (χ2n) is 4.73. The highest BCUT2D eigenvalue weighted by Gasteiger charge is 2.07. The number of aryl methyl sites for hydroxylation is 1. The lowest BCUT2D eigenvalue weighted by molar-refractivity contribution is -0.121. The van der Waals surface area contributed by atoms with Crippen LogP contribution in [0.15, 0.2) is 29.1 Å². The second-order valence-corrected chi connectivity index (χ2v) is 4.73. The van der Waals surface area contributed by atoms with Crippen molar-refractivity contribution in [1.29, 1.82) is 0 Å². The lowest BCUT2D eigenvalue weighted by Gasteiger charge is -2.05. The van der Waals surface area contributed by atoms with Gasteiger partial charge in [-0.15, -0.1) is 0 Å². The molecule has 0 unspecified atom stereocenters. The molecule has 0 saturated heterocycles. The summed E-state index contributed by atoms with van der Waals surface area (Å²) in [4.78, 5) is 30.6. The van der Waals surface area contributed by atoms with Crippen molar-refractivity contribution in [2.24, 2.45) is 0 Å². The van der Waals surface area contributed by atoms with E-state index in [2.05, 4.69) is 15.3 Å². The Hall–Kier alpha value is -2.21. The Labute approximate surface area is 122 Å². The number of aromatic amines is 1. The third-order valence-electron chi connectivity index (χ3n) is 3.11. The number of carbonyl (C=O) groups excluding carboxylic acids is 1. The molecule has 0 radical (unpaired) electrons. The number of hydrogen-bond donors (Lipinski definition) is 2. The highest BCUT2D eigenvalue weighted by molar-refractivity contribution is 5.76. The number of benzene rings is 1. The predicted octanol–water partition coefficient (Wildman–Crippen LogP) is 1.01. The maximum atomic E-state index is 11.9. The Morgan fingerprint density at radius 3 is 3.00 bits per heavy atom. The van der Waals surface area contributed by atoms with Gasteiger partial charge in [0.2, 0.25) is 5.91 Å². The van der Waals surface area contributed by atoms with E-state index < -0.39 is 0 Å². The lowest BCUT2D eigenvalue weighted by Crippen LogP contribution is -2.26. The van der Waals surface area contributed by atoms with Crippen molar-refractivity contribution < 1.29 is 9.53 Å². The van der Waals surface area contributed by atoms with E-state index in [4.69, 9.17) is 4.74 Å². The SMILES string of the molecule is COCCCNC(=O)CCc1nc2ccccc2[nH]c1=O. The van der Waals surface area contributed by atoms with Gasteiger partial charge < -0.3 is 15.0 Å². The monoisotopic (exact) mass is 289 g/mol. The Balaban J connectivity index is 1.92. The van der Waals surface area contributed by atoms with Gasteiger partial charge in [-0.25, -0.2) is 4.98 Å². The Kier molecular flexibility index (Phi) is 5.45. The minimum atomic E-state index is -0.235. The third-order valence-corrected chi connectivity index (χ3v) is 3.11. The first kappa shape index (κ1) is 15.2. The summed E-state index contributed by atoms with van der Waals surface area (Å²) in [6.45, 7) is 1.19. The Morgan fingerprint density at radius 1 is 1.38 bits per heavy atom. The van der Waals surface area contributed by atoms with Crippen molar-refractivity contribution in [2.45, 2.75) is 19.3 Å². The average molecular weight is 289 g/mol. The molecule has 0 bridgehead atoms. The summed E-state index contributed by atoms with van der Waals surface area (Å²) in [5, 5.41) is 2.79. The first-order valence-corrected chi connectivity index (χ1v) is 6.94. The van der Waals surface area contributed by atoms with Crippen LogP contribution in [0.5, 0.6) is 0 Å². The molecule has 0 spiro atoms. The molecule has 6 heteroatoms. The molecule has 21 heavy (non-hydrogen) atoms. The molecule has 1 heterocycles. The molecule has 112 valence electrons. The zero-order chi connectivity index (χ0) is 15.1. The molecule has 0 saturated carbocycles. The quantitative estimate of drug-likeness (QED) is 0.745. The number of nitrogens with one attached hydrogen (secondary N) is 2. The van der Waals surface area contributed by atoms with Crippen LogP contribution in [0.3, 0.4) is 0 Å². The lowest BCUT2D eigenvalue weighted by atomic mass is 10.2. The van der Waals surface area contributed by atoms with E-state index in [-0.39, 0.29) is 17.9 Å². The van der Waals surface area contributed by atoms with Crippen LogP contribution in [-0.4, -0.2) is 36.1 Å². The number of rotatable bonds is 7. The number of hydrogen-bond acceptors (Lipinski definition) is 4.